The van der Waals surface area contributed by atoms with Crippen LogP contribution in [0.1, 0.15) is 5.56 Å². The van der Waals surface area contributed by atoms with Crippen LogP contribution in [0.15, 0.2) is 53.0 Å². The number of allylic oxidation sites excluding steroid dienone is 2. The van der Waals surface area contributed by atoms with Crippen molar-refractivity contribution < 1.29 is 80.3 Å². The molecule has 6 unspecified atom stereocenters. The number of Topliss-reactive ketones (excluding diaryl/α,β-unsaturated/α-hetero) is 2. The summed E-state index contributed by atoms with van der Waals surface area (Å²) in [6.07, 6.45) is -18.7. The van der Waals surface area contributed by atoms with Crippen molar-refractivity contribution in [3.05, 3.63) is 58.6 Å². The maximum Gasteiger partial charge on any atom is 0.219 e. The summed E-state index contributed by atoms with van der Waals surface area (Å²) in [6, 6.07) is 5.37. The molecule has 4 rings (SSSR count). The quantitative estimate of drug-likeness (QED) is 0.0820. The second-order valence-electron chi connectivity index (χ2n) is 10.4. The molecule has 2 saturated heterocycles. The van der Waals surface area contributed by atoms with Gasteiger partial charge in [0, 0.05) is 0 Å². The van der Waals surface area contributed by atoms with Crippen molar-refractivity contribution in [2.75, 3.05) is 13.2 Å². The number of carbonyl (C=O) groups excluding carboxylic acids is 2. The first-order valence-electron chi connectivity index (χ1n) is 13.0. The fourth-order valence-corrected chi connectivity index (χ4v) is 5.18. The molecule has 0 aromatic heterocycles. The maximum atomic E-state index is 13.8. The highest BCUT2D eigenvalue weighted by Gasteiger charge is 2.65. The zero-order valence-electron chi connectivity index (χ0n) is 22.2. The molecule has 16 heteroatoms. The molecule has 0 radical (unpaired) electrons. The lowest BCUT2D eigenvalue weighted by Gasteiger charge is -2.47. The van der Waals surface area contributed by atoms with Crippen molar-refractivity contribution in [1.29, 1.82) is 0 Å². The zero-order valence-corrected chi connectivity index (χ0v) is 22.2. The molecule has 0 spiro atoms. The molecule has 1 aliphatic carbocycles. The van der Waals surface area contributed by atoms with Gasteiger partial charge in [0.2, 0.25) is 17.2 Å². The van der Waals surface area contributed by atoms with Crippen LogP contribution < -0.4 is 0 Å². The molecular formula is C27H32O16. The van der Waals surface area contributed by atoms with E-state index in [1.165, 1.54) is 30.3 Å². The Kier molecular flexibility index (Phi) is 9.41. The fraction of sp³-hybridized carbons (Fsp3) is 0.481. The molecule has 0 saturated carbocycles. The number of rotatable bonds is 6. The third-order valence-electron chi connectivity index (χ3n) is 7.69. The van der Waals surface area contributed by atoms with Gasteiger partial charge in [-0.05, 0) is 23.8 Å². The van der Waals surface area contributed by atoms with Crippen LogP contribution in [0.4, 0.5) is 0 Å². The third kappa shape index (κ3) is 5.59. The minimum atomic E-state index is -3.65. The summed E-state index contributed by atoms with van der Waals surface area (Å²) in [5.41, 5.74) is -5.76. The van der Waals surface area contributed by atoms with Crippen molar-refractivity contribution >= 4 is 17.6 Å². The average Bonchev–Trinajstić information content (AvgIpc) is 2.97. The van der Waals surface area contributed by atoms with Crippen molar-refractivity contribution in [2.45, 2.75) is 66.6 Å². The average molecular weight is 613 g/mol. The number of aliphatic hydroxyl groups is 11. The van der Waals surface area contributed by atoms with Gasteiger partial charge < -0.3 is 70.8 Å². The number of phenolic OH excluding ortho intramolecular Hbond substituents is 1. The Labute approximate surface area is 242 Å². The van der Waals surface area contributed by atoms with Gasteiger partial charge in [0.15, 0.2) is 0 Å². The van der Waals surface area contributed by atoms with Gasteiger partial charge in [0.25, 0.3) is 0 Å². The van der Waals surface area contributed by atoms with Crippen LogP contribution in [0.5, 0.6) is 5.75 Å². The first kappa shape index (κ1) is 32.6. The summed E-state index contributed by atoms with van der Waals surface area (Å²) >= 11 is 0. The van der Waals surface area contributed by atoms with Gasteiger partial charge in [-0.25, -0.2) is 0 Å². The molecular weight excluding hydrogens is 580 g/mol. The van der Waals surface area contributed by atoms with Crippen LogP contribution in [0, 0.1) is 0 Å². The van der Waals surface area contributed by atoms with E-state index in [-0.39, 0.29) is 5.75 Å². The van der Waals surface area contributed by atoms with E-state index >= 15 is 0 Å². The highest BCUT2D eigenvalue weighted by Crippen LogP contribution is 2.41. The molecule has 12 N–H and O–H groups in total. The number of hydrogen-bond donors (Lipinski definition) is 12. The summed E-state index contributed by atoms with van der Waals surface area (Å²) in [5.74, 6) is -6.22. The molecule has 3 aliphatic rings. The summed E-state index contributed by atoms with van der Waals surface area (Å²) in [4.78, 5) is 27.5. The zero-order chi connectivity index (χ0) is 32.0. The third-order valence-corrected chi connectivity index (χ3v) is 7.69. The van der Waals surface area contributed by atoms with E-state index in [1.54, 1.807) is 0 Å². The van der Waals surface area contributed by atoms with Gasteiger partial charge >= 0.3 is 0 Å². The summed E-state index contributed by atoms with van der Waals surface area (Å²) in [5, 5.41) is 125. The Balaban J connectivity index is 1.88. The Bertz CT molecular complexity index is 1320. The van der Waals surface area contributed by atoms with Crippen molar-refractivity contribution in [3.63, 3.8) is 0 Å². The van der Waals surface area contributed by atoms with E-state index in [2.05, 4.69) is 0 Å². The SMILES string of the molecule is O=C1C(C(O)C2OCC(O)C(O)C2O)=C(O)/C(=C(O)/C=C/c2ccc(O)cc2)C(=O)C1(O)[C@@H]1O[C@H](CO)[C@@H](O)[C@H](O)[C@H]1O. The smallest absolute Gasteiger partial charge is 0.219 e. The predicted molar refractivity (Wildman–Crippen MR) is 139 cm³/mol. The normalized spacial score (nSPS) is 39.3. The number of benzene rings is 1. The van der Waals surface area contributed by atoms with E-state index in [0.29, 0.717) is 5.56 Å². The molecule has 0 bridgehead atoms. The van der Waals surface area contributed by atoms with Crippen molar-refractivity contribution in [1.82, 2.24) is 0 Å². The van der Waals surface area contributed by atoms with Crippen molar-refractivity contribution in [2.24, 2.45) is 0 Å². The number of ketones is 2. The van der Waals surface area contributed by atoms with Crippen LogP contribution in [0.25, 0.3) is 6.08 Å². The van der Waals surface area contributed by atoms with Crippen LogP contribution in [0.3, 0.4) is 0 Å². The summed E-state index contributed by atoms with van der Waals surface area (Å²) in [7, 11) is 0. The van der Waals surface area contributed by atoms with Gasteiger partial charge in [-0.1, -0.05) is 18.2 Å². The second kappa shape index (κ2) is 12.4. The molecule has 11 atom stereocenters. The number of phenols is 1. The summed E-state index contributed by atoms with van der Waals surface area (Å²) < 4.78 is 10.4. The van der Waals surface area contributed by atoms with Gasteiger partial charge in [0.05, 0.1) is 18.8 Å². The lowest BCUT2D eigenvalue weighted by Crippen LogP contribution is -2.71. The number of aromatic hydroxyl groups is 1. The summed E-state index contributed by atoms with van der Waals surface area (Å²) in [6.45, 7) is -1.69. The molecule has 16 nitrogen and oxygen atoms in total. The fourth-order valence-electron chi connectivity index (χ4n) is 5.18. The first-order chi connectivity index (χ1) is 20.2. The van der Waals surface area contributed by atoms with E-state index in [1.807, 2.05) is 0 Å². The van der Waals surface area contributed by atoms with Crippen LogP contribution in [-0.4, -0.2) is 153 Å². The highest BCUT2D eigenvalue weighted by atomic mass is 16.6. The number of aliphatic hydroxyl groups excluding tert-OH is 10. The van der Waals surface area contributed by atoms with Crippen LogP contribution in [-0.2, 0) is 19.1 Å². The molecule has 0 amide bonds. The Morgan fingerprint density at radius 1 is 0.930 bits per heavy atom. The minimum absolute atomic E-state index is 0.0887. The first-order valence-corrected chi connectivity index (χ1v) is 13.0. The lowest BCUT2D eigenvalue weighted by molar-refractivity contribution is -0.261. The predicted octanol–water partition coefficient (Wildman–Crippen LogP) is -4.40. The number of carbonyl (C=O) groups is 2. The van der Waals surface area contributed by atoms with Gasteiger partial charge in [-0.15, -0.1) is 0 Å². The molecule has 2 heterocycles. The molecule has 1 aromatic rings. The van der Waals surface area contributed by atoms with Crippen LogP contribution in [0.2, 0.25) is 0 Å². The molecule has 236 valence electrons. The number of ether oxygens (including phenoxy) is 2. The second-order valence-corrected chi connectivity index (χ2v) is 10.4. The van der Waals surface area contributed by atoms with Gasteiger partial charge in [0.1, 0.15) is 83.9 Å². The Hall–Kier alpha value is -3.26. The molecule has 1 aromatic carbocycles. The Morgan fingerprint density at radius 2 is 1.56 bits per heavy atom. The van der Waals surface area contributed by atoms with E-state index in [0.717, 1.165) is 6.08 Å². The Morgan fingerprint density at radius 3 is 2.16 bits per heavy atom. The van der Waals surface area contributed by atoms with Gasteiger partial charge in [-0.2, -0.15) is 0 Å². The van der Waals surface area contributed by atoms with Crippen LogP contribution >= 0.6 is 0 Å². The molecule has 2 fully saturated rings. The standard InChI is InChI=1S/C27H32O16/c28-7-13-17(33)20(36)22(38)26(43-13)27(41)24(39)14(11(30)6-3-9-1-4-10(29)5-2-9)18(34)15(25(27)40)19(35)23-21(37)16(32)12(31)8-42-23/h1-6,12-13,16-17,19-23,26,28-38,41H,7-8H2/b6-3+,14-11+/t12?,13-,16?,17-,19?,20+,21?,22-,23?,26-,27?/m1/s1. The monoisotopic (exact) mass is 612 g/mol. The largest absolute Gasteiger partial charge is 0.508 e. The molecule has 43 heavy (non-hydrogen) atoms. The highest BCUT2D eigenvalue weighted by molar-refractivity contribution is 6.28. The maximum absolute atomic E-state index is 13.8. The van der Waals surface area contributed by atoms with Gasteiger partial charge in [-0.3, -0.25) is 9.59 Å². The van der Waals surface area contributed by atoms with E-state index in [9.17, 15) is 70.9 Å². The van der Waals surface area contributed by atoms with Crippen molar-refractivity contribution in [3.8, 4) is 5.75 Å². The molecule has 2 aliphatic heterocycles. The minimum Gasteiger partial charge on any atom is -0.508 e. The van der Waals surface area contributed by atoms with E-state index in [4.69, 9.17) is 9.47 Å². The number of hydrogen-bond acceptors (Lipinski definition) is 16. The lowest BCUT2D eigenvalue weighted by atomic mass is 9.69. The topological polar surface area (TPSA) is 295 Å². The van der Waals surface area contributed by atoms with E-state index < -0.39 is 114 Å².